The number of hydrogen-bond donors (Lipinski definition) is 0. The predicted molar refractivity (Wildman–Crippen MR) is 41.7 cm³/mol. The van der Waals surface area contributed by atoms with Crippen molar-refractivity contribution in [3.63, 3.8) is 0 Å². The maximum atomic E-state index is 5.47. The second-order valence-corrected chi connectivity index (χ2v) is 2.09. The van der Waals surface area contributed by atoms with E-state index >= 15 is 0 Å². The van der Waals surface area contributed by atoms with Crippen LogP contribution in [-0.2, 0) is 4.39 Å². The molecule has 2 nitrogen and oxygen atoms in total. The molecule has 0 saturated carbocycles. The van der Waals surface area contributed by atoms with Gasteiger partial charge in [0.05, 0.1) is 17.6 Å². The number of anilines is 1. The van der Waals surface area contributed by atoms with Gasteiger partial charge in [0.1, 0.15) is 0 Å². The van der Waals surface area contributed by atoms with E-state index in [1.807, 2.05) is 18.2 Å². The Kier molecular flexibility index (Phi) is 2.81. The van der Waals surface area contributed by atoms with Crippen LogP contribution in [0.25, 0.3) is 0 Å². The highest BCUT2D eigenvalue weighted by atomic mass is 35.5. The van der Waals surface area contributed by atoms with E-state index in [1.54, 1.807) is 12.1 Å². The molecule has 0 bridgehead atoms. The SMILES string of the molecule is ClON(Cl)c1ccccc1. The Morgan fingerprint density at radius 3 is 2.30 bits per heavy atom. The van der Waals surface area contributed by atoms with Gasteiger partial charge in [0.15, 0.2) is 0 Å². The molecule has 0 fully saturated rings. The molecule has 0 heterocycles. The molecule has 1 aromatic carbocycles. The van der Waals surface area contributed by atoms with Crippen molar-refractivity contribution < 1.29 is 4.39 Å². The Morgan fingerprint density at radius 1 is 1.20 bits per heavy atom. The first-order chi connectivity index (χ1) is 4.84. The van der Waals surface area contributed by atoms with Gasteiger partial charge in [-0.05, 0) is 12.1 Å². The lowest BCUT2D eigenvalue weighted by Gasteiger charge is -2.07. The Labute approximate surface area is 69.1 Å². The van der Waals surface area contributed by atoms with E-state index in [1.165, 1.54) is 0 Å². The molecule has 0 aliphatic carbocycles. The summed E-state index contributed by atoms with van der Waals surface area (Å²) in [5, 5.41) is 0. The third kappa shape index (κ3) is 1.77. The van der Waals surface area contributed by atoms with Gasteiger partial charge in [-0.3, -0.25) is 0 Å². The lowest BCUT2D eigenvalue weighted by Crippen LogP contribution is -2.02. The number of hydrogen-bond acceptors (Lipinski definition) is 2. The number of halogens is 2. The molecule has 4 heteroatoms. The number of benzene rings is 1. The van der Waals surface area contributed by atoms with Crippen molar-refractivity contribution in [2.45, 2.75) is 0 Å². The lowest BCUT2D eigenvalue weighted by molar-refractivity contribution is 0.386. The highest BCUT2D eigenvalue weighted by Crippen LogP contribution is 2.16. The van der Waals surface area contributed by atoms with Crippen LogP contribution >= 0.6 is 23.6 Å². The smallest absolute Gasteiger partial charge is 0.0930 e. The summed E-state index contributed by atoms with van der Waals surface area (Å²) in [5.74, 6) is 0. The molecule has 10 heavy (non-hydrogen) atoms. The molecule has 0 aromatic heterocycles. The fraction of sp³-hybridized carbons (Fsp3) is 0. The van der Waals surface area contributed by atoms with E-state index in [2.05, 4.69) is 4.39 Å². The maximum Gasteiger partial charge on any atom is 0.0930 e. The molecule has 0 N–H and O–H groups in total. The minimum Gasteiger partial charge on any atom is -0.144 e. The van der Waals surface area contributed by atoms with Crippen LogP contribution in [0.4, 0.5) is 5.69 Å². The highest BCUT2D eigenvalue weighted by Gasteiger charge is 1.98. The van der Waals surface area contributed by atoms with Crippen LogP contribution in [0.1, 0.15) is 0 Å². The first-order valence-electron chi connectivity index (χ1n) is 2.64. The summed E-state index contributed by atoms with van der Waals surface area (Å²) in [6.45, 7) is 0. The molecule has 54 valence electrons. The second kappa shape index (κ2) is 3.66. The average Bonchev–Trinajstić information content (AvgIpc) is 2.05. The van der Waals surface area contributed by atoms with Crippen molar-refractivity contribution in [2.75, 3.05) is 4.58 Å². The third-order valence-corrected chi connectivity index (χ3v) is 1.49. The standard InChI is InChI=1S/C6H5Cl2NO/c7-9(10-8)6-4-2-1-3-5-6/h1-5H. The van der Waals surface area contributed by atoms with E-state index in [4.69, 9.17) is 23.6 Å². The van der Waals surface area contributed by atoms with Crippen molar-refractivity contribution in [1.29, 1.82) is 0 Å². The van der Waals surface area contributed by atoms with Crippen LogP contribution in [0.5, 0.6) is 0 Å². The van der Waals surface area contributed by atoms with Gasteiger partial charge >= 0.3 is 0 Å². The number of rotatable bonds is 2. The second-order valence-electron chi connectivity index (χ2n) is 1.65. The minimum absolute atomic E-state index is 0.694. The summed E-state index contributed by atoms with van der Waals surface area (Å²) in [5.41, 5.74) is 0.694. The topological polar surface area (TPSA) is 12.5 Å². The molecule has 0 spiro atoms. The van der Waals surface area contributed by atoms with Crippen molar-refractivity contribution in [3.05, 3.63) is 30.3 Å². The molecule has 1 rings (SSSR count). The van der Waals surface area contributed by atoms with Gasteiger partial charge in [0.25, 0.3) is 0 Å². The molecular formula is C6H5Cl2NO. The first-order valence-corrected chi connectivity index (χ1v) is 3.29. The predicted octanol–water partition coefficient (Wildman–Crippen LogP) is 2.73. The summed E-state index contributed by atoms with van der Waals surface area (Å²) in [7, 11) is 0. The van der Waals surface area contributed by atoms with Gasteiger partial charge in [0, 0.05) is 11.8 Å². The van der Waals surface area contributed by atoms with Crippen LogP contribution < -0.4 is 4.58 Å². The summed E-state index contributed by atoms with van der Waals surface area (Å²) in [4.78, 5) is 0. The lowest BCUT2D eigenvalue weighted by atomic mass is 10.3. The molecule has 0 radical (unpaired) electrons. The normalized spacial score (nSPS) is 9.40. The van der Waals surface area contributed by atoms with Crippen LogP contribution in [-0.4, -0.2) is 0 Å². The first kappa shape index (κ1) is 7.66. The molecule has 0 atom stereocenters. The van der Waals surface area contributed by atoms with E-state index in [9.17, 15) is 0 Å². The Balaban J connectivity index is 2.75. The van der Waals surface area contributed by atoms with Gasteiger partial charge in [-0.15, -0.1) is 8.97 Å². The molecule has 1 aromatic rings. The Morgan fingerprint density at radius 2 is 1.80 bits per heavy atom. The van der Waals surface area contributed by atoms with Gasteiger partial charge in [-0.25, -0.2) is 0 Å². The summed E-state index contributed by atoms with van der Waals surface area (Å²) in [6, 6.07) is 9.09. The molecule has 0 aliphatic heterocycles. The quantitative estimate of drug-likeness (QED) is 0.509. The Hall–Kier alpha value is -0.440. The average molecular weight is 178 g/mol. The molecule has 0 aliphatic rings. The zero-order valence-electron chi connectivity index (χ0n) is 5.00. The van der Waals surface area contributed by atoms with E-state index < -0.39 is 0 Å². The van der Waals surface area contributed by atoms with Gasteiger partial charge in [-0.2, -0.15) is 0 Å². The largest absolute Gasteiger partial charge is 0.144 e. The van der Waals surface area contributed by atoms with Crippen molar-refractivity contribution in [1.82, 2.24) is 0 Å². The molecule has 0 saturated heterocycles. The zero-order valence-corrected chi connectivity index (χ0v) is 6.51. The van der Waals surface area contributed by atoms with E-state index in [0.717, 1.165) is 4.58 Å². The zero-order chi connectivity index (χ0) is 7.40. The van der Waals surface area contributed by atoms with Crippen LogP contribution in [0.3, 0.4) is 0 Å². The van der Waals surface area contributed by atoms with Gasteiger partial charge < -0.3 is 0 Å². The molecule has 0 amide bonds. The summed E-state index contributed by atoms with van der Waals surface area (Å²) < 4.78 is 5.15. The fourth-order valence-corrected chi connectivity index (χ4v) is 0.777. The van der Waals surface area contributed by atoms with Crippen LogP contribution in [0, 0.1) is 0 Å². The third-order valence-electron chi connectivity index (χ3n) is 1.02. The molecule has 0 unspecified atom stereocenters. The van der Waals surface area contributed by atoms with E-state index in [-0.39, 0.29) is 0 Å². The van der Waals surface area contributed by atoms with Crippen LogP contribution in [0.2, 0.25) is 0 Å². The number of nitrogens with zero attached hydrogens (tertiary/aromatic N) is 1. The number of para-hydroxylation sites is 1. The Bertz CT molecular complexity index is 192. The van der Waals surface area contributed by atoms with Gasteiger partial charge in [0.2, 0.25) is 0 Å². The summed E-state index contributed by atoms with van der Waals surface area (Å²) in [6.07, 6.45) is 0. The maximum absolute atomic E-state index is 5.47. The fourth-order valence-electron chi connectivity index (χ4n) is 0.585. The monoisotopic (exact) mass is 177 g/mol. The van der Waals surface area contributed by atoms with Crippen LogP contribution in [0.15, 0.2) is 30.3 Å². The van der Waals surface area contributed by atoms with Crippen molar-refractivity contribution in [3.8, 4) is 0 Å². The minimum atomic E-state index is 0.694. The van der Waals surface area contributed by atoms with Crippen molar-refractivity contribution >= 4 is 29.3 Å². The van der Waals surface area contributed by atoms with E-state index in [0.29, 0.717) is 5.69 Å². The van der Waals surface area contributed by atoms with Crippen molar-refractivity contribution in [2.24, 2.45) is 0 Å². The van der Waals surface area contributed by atoms with Gasteiger partial charge in [-0.1, -0.05) is 18.2 Å². The summed E-state index contributed by atoms with van der Waals surface area (Å²) >= 11 is 10.5. The molecular weight excluding hydrogens is 173 g/mol. The highest BCUT2D eigenvalue weighted by molar-refractivity contribution is 6.26.